The average Bonchev–Trinajstić information content (AvgIpc) is 2.47. The lowest BCUT2D eigenvalue weighted by molar-refractivity contribution is 0.101. The molecule has 0 bridgehead atoms. The molecule has 20 heavy (non-hydrogen) atoms. The van der Waals surface area contributed by atoms with Gasteiger partial charge in [0.15, 0.2) is 0 Å². The standard InChI is InChI=1S/C13H15N5O2/c1-2-3-9-18-11(19)6-5-10(17-18)12(20)16-13-14-7-4-8-15-13/h4-8H,2-3,9H2,1H3,(H,14,15,16,20). The predicted molar refractivity (Wildman–Crippen MR) is 73.4 cm³/mol. The Morgan fingerprint density at radius 3 is 2.75 bits per heavy atom. The first-order valence-electron chi connectivity index (χ1n) is 6.37. The van der Waals surface area contributed by atoms with E-state index in [1.165, 1.54) is 29.2 Å². The average molecular weight is 273 g/mol. The number of hydrogen-bond acceptors (Lipinski definition) is 5. The molecule has 0 aromatic carbocycles. The minimum Gasteiger partial charge on any atom is -0.289 e. The molecule has 0 saturated carbocycles. The van der Waals surface area contributed by atoms with Crippen molar-refractivity contribution in [3.63, 3.8) is 0 Å². The summed E-state index contributed by atoms with van der Waals surface area (Å²) >= 11 is 0. The van der Waals surface area contributed by atoms with Gasteiger partial charge in [-0.2, -0.15) is 5.10 Å². The number of anilines is 1. The molecule has 0 spiro atoms. The second kappa shape index (κ2) is 6.55. The lowest BCUT2D eigenvalue weighted by Crippen LogP contribution is -2.26. The van der Waals surface area contributed by atoms with Crippen LogP contribution in [0.15, 0.2) is 35.4 Å². The van der Waals surface area contributed by atoms with Crippen molar-refractivity contribution in [1.29, 1.82) is 0 Å². The van der Waals surface area contributed by atoms with Crippen molar-refractivity contribution in [3.05, 3.63) is 46.6 Å². The zero-order valence-electron chi connectivity index (χ0n) is 11.1. The number of aryl methyl sites for hydroxylation is 1. The highest BCUT2D eigenvalue weighted by molar-refractivity contribution is 6.01. The van der Waals surface area contributed by atoms with Gasteiger partial charge in [-0.15, -0.1) is 0 Å². The van der Waals surface area contributed by atoms with Crippen molar-refractivity contribution >= 4 is 11.9 Å². The molecule has 2 rings (SSSR count). The zero-order valence-corrected chi connectivity index (χ0v) is 11.1. The fourth-order valence-electron chi connectivity index (χ4n) is 1.57. The Labute approximate surface area is 115 Å². The van der Waals surface area contributed by atoms with E-state index in [0.29, 0.717) is 6.54 Å². The third-order valence-electron chi connectivity index (χ3n) is 2.61. The van der Waals surface area contributed by atoms with Crippen LogP contribution in [0.1, 0.15) is 30.3 Å². The lowest BCUT2D eigenvalue weighted by atomic mass is 10.3. The smallest absolute Gasteiger partial charge is 0.278 e. The monoisotopic (exact) mass is 273 g/mol. The molecular formula is C13H15N5O2. The van der Waals surface area contributed by atoms with Gasteiger partial charge in [-0.25, -0.2) is 14.6 Å². The zero-order chi connectivity index (χ0) is 14.4. The maximum Gasteiger partial charge on any atom is 0.278 e. The van der Waals surface area contributed by atoms with Gasteiger partial charge in [0.25, 0.3) is 11.5 Å². The van der Waals surface area contributed by atoms with Gasteiger partial charge in [0, 0.05) is 25.0 Å². The molecule has 2 heterocycles. The van der Waals surface area contributed by atoms with Crippen molar-refractivity contribution in [2.24, 2.45) is 0 Å². The van der Waals surface area contributed by atoms with Crippen molar-refractivity contribution in [2.45, 2.75) is 26.3 Å². The number of rotatable bonds is 5. The fraction of sp³-hybridized carbons (Fsp3) is 0.308. The third kappa shape index (κ3) is 3.47. The number of hydrogen-bond donors (Lipinski definition) is 1. The summed E-state index contributed by atoms with van der Waals surface area (Å²) in [4.78, 5) is 31.4. The van der Waals surface area contributed by atoms with Crippen LogP contribution in [0.3, 0.4) is 0 Å². The molecule has 0 atom stereocenters. The second-order valence-corrected chi connectivity index (χ2v) is 4.16. The lowest BCUT2D eigenvalue weighted by Gasteiger charge is -2.06. The van der Waals surface area contributed by atoms with E-state index in [9.17, 15) is 9.59 Å². The van der Waals surface area contributed by atoms with Gasteiger partial charge in [0.2, 0.25) is 5.95 Å². The molecule has 7 heteroatoms. The van der Waals surface area contributed by atoms with Crippen LogP contribution in [0.5, 0.6) is 0 Å². The highest BCUT2D eigenvalue weighted by atomic mass is 16.2. The maximum absolute atomic E-state index is 12.0. The van der Waals surface area contributed by atoms with Crippen molar-refractivity contribution in [2.75, 3.05) is 5.32 Å². The van der Waals surface area contributed by atoms with Gasteiger partial charge >= 0.3 is 0 Å². The molecule has 0 aliphatic heterocycles. The Kier molecular flexibility index (Phi) is 4.54. The summed E-state index contributed by atoms with van der Waals surface area (Å²) in [7, 11) is 0. The van der Waals surface area contributed by atoms with Crippen LogP contribution in [-0.4, -0.2) is 25.7 Å². The number of carbonyl (C=O) groups is 1. The molecular weight excluding hydrogens is 258 g/mol. The van der Waals surface area contributed by atoms with Gasteiger partial charge in [-0.05, 0) is 18.6 Å². The van der Waals surface area contributed by atoms with Crippen LogP contribution in [0, 0.1) is 0 Å². The van der Waals surface area contributed by atoms with E-state index in [4.69, 9.17) is 0 Å². The molecule has 7 nitrogen and oxygen atoms in total. The third-order valence-corrected chi connectivity index (χ3v) is 2.61. The van der Waals surface area contributed by atoms with E-state index in [0.717, 1.165) is 12.8 Å². The summed E-state index contributed by atoms with van der Waals surface area (Å²) < 4.78 is 1.30. The molecule has 0 aliphatic carbocycles. The van der Waals surface area contributed by atoms with Gasteiger partial charge in [0.1, 0.15) is 5.69 Å². The molecule has 104 valence electrons. The van der Waals surface area contributed by atoms with Gasteiger partial charge < -0.3 is 0 Å². The summed E-state index contributed by atoms with van der Waals surface area (Å²) in [5.74, 6) is -0.243. The highest BCUT2D eigenvalue weighted by Crippen LogP contribution is 1.99. The van der Waals surface area contributed by atoms with Crippen molar-refractivity contribution in [1.82, 2.24) is 19.7 Å². The first-order chi connectivity index (χ1) is 9.70. The SMILES string of the molecule is CCCCn1nc(C(=O)Nc2ncccn2)ccc1=O. The first-order valence-corrected chi connectivity index (χ1v) is 6.37. The molecule has 1 amide bonds. The van der Waals surface area contributed by atoms with Gasteiger partial charge in [-0.1, -0.05) is 13.3 Å². The van der Waals surface area contributed by atoms with Crippen LogP contribution < -0.4 is 10.9 Å². The van der Waals surface area contributed by atoms with Crippen molar-refractivity contribution in [3.8, 4) is 0 Å². The Morgan fingerprint density at radius 2 is 2.05 bits per heavy atom. The second-order valence-electron chi connectivity index (χ2n) is 4.16. The minimum atomic E-state index is -0.443. The van der Waals surface area contributed by atoms with Crippen LogP contribution in [0.4, 0.5) is 5.95 Å². The summed E-state index contributed by atoms with van der Waals surface area (Å²) in [6.45, 7) is 2.52. The molecule has 0 aliphatic rings. The number of aromatic nitrogens is 4. The Morgan fingerprint density at radius 1 is 1.30 bits per heavy atom. The van der Waals surface area contributed by atoms with Gasteiger partial charge in [-0.3, -0.25) is 14.9 Å². The highest BCUT2D eigenvalue weighted by Gasteiger charge is 2.10. The first kappa shape index (κ1) is 13.9. The summed E-state index contributed by atoms with van der Waals surface area (Å²) in [6.07, 6.45) is 4.83. The van der Waals surface area contributed by atoms with Crippen LogP contribution in [-0.2, 0) is 6.54 Å². The number of nitrogens with zero attached hydrogens (tertiary/aromatic N) is 4. The number of unbranched alkanes of at least 4 members (excludes halogenated alkanes) is 1. The molecule has 0 fully saturated rings. The fourth-order valence-corrected chi connectivity index (χ4v) is 1.57. The quantitative estimate of drug-likeness (QED) is 0.880. The normalized spacial score (nSPS) is 10.2. The summed E-state index contributed by atoms with van der Waals surface area (Å²) in [6, 6.07) is 4.38. The molecule has 2 aromatic rings. The predicted octanol–water partition coefficient (Wildman–Crippen LogP) is 1.09. The molecule has 1 N–H and O–H groups in total. The number of amides is 1. The van der Waals surface area contributed by atoms with Gasteiger partial charge in [0.05, 0.1) is 0 Å². The molecule has 0 unspecified atom stereocenters. The largest absolute Gasteiger partial charge is 0.289 e. The van der Waals surface area contributed by atoms with E-state index >= 15 is 0 Å². The molecule has 0 saturated heterocycles. The van der Waals surface area contributed by atoms with Crippen LogP contribution in [0.2, 0.25) is 0 Å². The number of carbonyl (C=O) groups excluding carboxylic acids is 1. The van der Waals surface area contributed by atoms with E-state index in [1.807, 2.05) is 6.92 Å². The van der Waals surface area contributed by atoms with E-state index in [2.05, 4.69) is 20.4 Å². The van der Waals surface area contributed by atoms with Crippen molar-refractivity contribution < 1.29 is 4.79 Å². The summed E-state index contributed by atoms with van der Waals surface area (Å²) in [5.41, 5.74) is -0.0564. The molecule has 0 radical (unpaired) electrons. The Balaban J connectivity index is 2.16. The van der Waals surface area contributed by atoms with E-state index in [-0.39, 0.29) is 17.2 Å². The molecule has 2 aromatic heterocycles. The van der Waals surface area contributed by atoms with Crippen LogP contribution in [0.25, 0.3) is 0 Å². The van der Waals surface area contributed by atoms with E-state index in [1.54, 1.807) is 6.07 Å². The minimum absolute atomic E-state index is 0.160. The Hall–Kier alpha value is -2.57. The van der Waals surface area contributed by atoms with E-state index < -0.39 is 5.91 Å². The number of nitrogens with one attached hydrogen (secondary N) is 1. The summed E-state index contributed by atoms with van der Waals surface area (Å²) in [5, 5.41) is 6.56. The van der Waals surface area contributed by atoms with Crippen LogP contribution >= 0.6 is 0 Å². The topological polar surface area (TPSA) is 89.8 Å². The Bertz CT molecular complexity index is 639. The maximum atomic E-state index is 12.0.